The van der Waals surface area contributed by atoms with E-state index in [9.17, 15) is 19.2 Å². The Kier molecular flexibility index (Phi) is 19.7. The molecule has 4 heterocycles. The molecule has 4 bridgehead atoms. The van der Waals surface area contributed by atoms with Crippen molar-refractivity contribution in [2.75, 3.05) is 14.2 Å². The Balaban J connectivity index is 0.000000166. The number of hydrogen-bond acceptors (Lipinski definition) is 8. The molecule has 8 atom stereocenters. The van der Waals surface area contributed by atoms with E-state index in [1.165, 1.54) is 141 Å². The van der Waals surface area contributed by atoms with Crippen LogP contribution < -0.4 is 10.6 Å². The number of nitrogens with zero attached hydrogens (tertiary/aromatic N) is 4. The molecule has 0 radical (unpaired) electrons. The van der Waals surface area contributed by atoms with E-state index in [-0.39, 0.29) is 64.9 Å². The second-order valence-corrected chi connectivity index (χ2v) is 23.8. The van der Waals surface area contributed by atoms with Crippen LogP contribution in [0.15, 0.2) is 36.4 Å². The number of amides is 4. The Morgan fingerprint density at radius 1 is 0.520 bits per heavy atom. The topological polar surface area (TPSA) is 175 Å². The zero-order valence-electron chi connectivity index (χ0n) is 46.0. The zero-order valence-corrected chi connectivity index (χ0v) is 47.1. The number of piperidine rings is 2. The van der Waals surface area contributed by atoms with E-state index < -0.39 is 24.3 Å². The first-order valence-electron chi connectivity index (χ1n) is 29.2. The van der Waals surface area contributed by atoms with E-state index in [0.29, 0.717) is 23.7 Å². The number of alkyl carbamates (subject to hydrolysis) is 2. The normalized spacial score (nSPS) is 25.6. The van der Waals surface area contributed by atoms with Crippen molar-refractivity contribution >= 4 is 46.1 Å². The summed E-state index contributed by atoms with van der Waals surface area (Å²) in [6, 6.07) is 12.3. The Morgan fingerprint density at radius 2 is 0.867 bits per heavy atom. The van der Waals surface area contributed by atoms with Gasteiger partial charge in [-0.3, -0.25) is 9.59 Å². The molecule has 0 spiro atoms. The maximum absolute atomic E-state index is 13.7. The van der Waals surface area contributed by atoms with Gasteiger partial charge in [-0.1, -0.05) is 130 Å². The average molecular weight is 1070 g/mol. The largest absolute Gasteiger partial charge is 0.453 e. The van der Waals surface area contributed by atoms with E-state index in [1.54, 1.807) is 0 Å². The Hall–Kier alpha value is -4.62. The number of aromatic nitrogens is 4. The van der Waals surface area contributed by atoms with Crippen LogP contribution in [0.25, 0.3) is 22.1 Å². The number of carbonyl (C=O) groups excluding carboxylic acids is 4. The summed E-state index contributed by atoms with van der Waals surface area (Å²) in [6.45, 7) is 7.81. The number of carbonyl (C=O) groups is 4. The first kappa shape index (κ1) is 56.6. The van der Waals surface area contributed by atoms with Crippen molar-refractivity contribution in [2.45, 2.75) is 230 Å². The van der Waals surface area contributed by atoms with Crippen molar-refractivity contribution in [1.82, 2.24) is 40.4 Å². The van der Waals surface area contributed by atoms with Gasteiger partial charge in [0.15, 0.2) is 0 Å². The van der Waals surface area contributed by atoms with Gasteiger partial charge in [0.1, 0.15) is 23.7 Å². The number of hydrogen-bond donors (Lipinski definition) is 4. The molecule has 8 fully saturated rings. The minimum absolute atomic E-state index is 0. The first-order chi connectivity index (χ1) is 35.9. The Bertz CT molecular complexity index is 2340. The molecule has 14 nitrogen and oxygen atoms in total. The molecule has 4 amide bonds. The summed E-state index contributed by atoms with van der Waals surface area (Å²) >= 11 is 0. The third kappa shape index (κ3) is 13.0. The number of imidazole rings is 2. The van der Waals surface area contributed by atoms with Gasteiger partial charge in [-0.25, -0.2) is 19.6 Å². The molecule has 2 aromatic heterocycles. The van der Waals surface area contributed by atoms with Crippen LogP contribution in [-0.2, 0) is 36.1 Å². The minimum Gasteiger partial charge on any atom is -0.453 e. The Morgan fingerprint density at radius 3 is 1.19 bits per heavy atom. The molecule has 412 valence electrons. The number of benzene rings is 2. The van der Waals surface area contributed by atoms with Crippen LogP contribution in [0.3, 0.4) is 0 Å². The quantitative estimate of drug-likeness (QED) is 0.114. The molecule has 2 saturated heterocycles. The molecule has 4 aromatic rings. The molecule has 2 aliphatic heterocycles. The van der Waals surface area contributed by atoms with E-state index in [2.05, 4.69) is 57.0 Å². The monoisotopic (exact) mass is 1070 g/mol. The second-order valence-electron chi connectivity index (χ2n) is 23.8. The molecule has 2 aromatic carbocycles. The number of H-pyrrole nitrogens is 2. The standard InChI is InChI=1S/2C25H34N4O3.2C5H10.Fe/c2*1-14(2)21(28-25(31)32-3)24(30)29-18-10-8-17(12-18)22(29)23-26-19-11-9-16(13-20(19)27-23)15-6-4-5-7-15;2*1-2-4-5-3-1;/h2*9,11,13-15,17-18,21-22H,4-8,10,12H2,1-3H3,(H,26,27)(H,28,31);2*1-5H2;/t2*17?,18?,21-,22-;;;/m00.../s1. The van der Waals surface area contributed by atoms with Crippen molar-refractivity contribution in [1.29, 1.82) is 0 Å². The van der Waals surface area contributed by atoms with Gasteiger partial charge >= 0.3 is 12.2 Å². The van der Waals surface area contributed by atoms with Crippen LogP contribution in [0.4, 0.5) is 9.59 Å². The molecule has 6 saturated carbocycles. The molecule has 6 aliphatic carbocycles. The van der Waals surface area contributed by atoms with Crippen LogP contribution in [0.1, 0.15) is 228 Å². The van der Waals surface area contributed by atoms with Crippen molar-refractivity contribution in [3.05, 3.63) is 59.2 Å². The van der Waals surface area contributed by atoms with E-state index in [4.69, 9.17) is 19.4 Å². The first-order valence-corrected chi connectivity index (χ1v) is 29.2. The Labute approximate surface area is 457 Å². The number of fused-ring (bicyclic) bond motifs is 6. The predicted octanol–water partition coefficient (Wildman–Crippen LogP) is 13.2. The predicted molar refractivity (Wildman–Crippen MR) is 291 cm³/mol. The van der Waals surface area contributed by atoms with Gasteiger partial charge in [0.25, 0.3) is 0 Å². The molecule has 12 rings (SSSR count). The summed E-state index contributed by atoms with van der Waals surface area (Å²) in [5.41, 5.74) is 6.84. The number of methoxy groups -OCH3 is 2. The third-order valence-corrected chi connectivity index (χ3v) is 18.2. The maximum Gasteiger partial charge on any atom is 0.407 e. The van der Waals surface area contributed by atoms with Gasteiger partial charge in [-0.05, 0) is 135 Å². The number of likely N-dealkylation sites (tertiary alicyclic amines) is 2. The van der Waals surface area contributed by atoms with Crippen molar-refractivity contribution < 1.29 is 45.7 Å². The molecule has 4 N–H and O–H groups in total. The summed E-state index contributed by atoms with van der Waals surface area (Å²) in [4.78, 5) is 72.1. The number of nitrogens with one attached hydrogen (secondary N) is 4. The number of rotatable bonds is 10. The van der Waals surface area contributed by atoms with Gasteiger partial charge in [0.05, 0.1) is 48.4 Å². The fourth-order valence-corrected chi connectivity index (χ4v) is 14.2. The molecule has 75 heavy (non-hydrogen) atoms. The molecular weight excluding hydrogens is 985 g/mol. The van der Waals surface area contributed by atoms with E-state index in [0.717, 1.165) is 72.2 Å². The third-order valence-electron chi connectivity index (χ3n) is 18.2. The molecular formula is C60H88FeN8O6. The van der Waals surface area contributed by atoms with Crippen LogP contribution in [0.2, 0.25) is 0 Å². The van der Waals surface area contributed by atoms with Gasteiger partial charge in [-0.2, -0.15) is 0 Å². The molecule has 8 aliphatic rings. The van der Waals surface area contributed by atoms with Crippen LogP contribution in [-0.4, -0.2) is 92.1 Å². The fraction of sp³-hybridized carbons (Fsp3) is 0.700. The van der Waals surface area contributed by atoms with Crippen LogP contribution >= 0.6 is 0 Å². The van der Waals surface area contributed by atoms with Gasteiger partial charge in [0, 0.05) is 29.2 Å². The number of ether oxygens (including phenoxy) is 2. The average Bonchev–Trinajstić information content (AvgIpc) is 4.26. The van der Waals surface area contributed by atoms with Crippen molar-refractivity contribution in [3.63, 3.8) is 0 Å². The smallest absolute Gasteiger partial charge is 0.407 e. The summed E-state index contributed by atoms with van der Waals surface area (Å²) in [7, 11) is 2.65. The van der Waals surface area contributed by atoms with Gasteiger partial charge in [-0.15, -0.1) is 0 Å². The minimum atomic E-state index is -0.609. The van der Waals surface area contributed by atoms with Crippen LogP contribution in [0, 0.1) is 23.7 Å². The van der Waals surface area contributed by atoms with Crippen molar-refractivity contribution in [3.8, 4) is 0 Å². The summed E-state index contributed by atoms with van der Waals surface area (Å²) in [5.74, 6) is 3.75. The van der Waals surface area contributed by atoms with Gasteiger partial charge in [0.2, 0.25) is 11.8 Å². The number of aromatic amines is 2. The molecule has 4 unspecified atom stereocenters. The zero-order chi connectivity index (χ0) is 51.9. The van der Waals surface area contributed by atoms with E-state index >= 15 is 0 Å². The van der Waals surface area contributed by atoms with Gasteiger partial charge < -0.3 is 39.9 Å². The summed E-state index contributed by atoms with van der Waals surface area (Å²) < 4.78 is 9.54. The summed E-state index contributed by atoms with van der Waals surface area (Å²) in [5, 5.41) is 5.51. The molecule has 15 heteroatoms. The van der Waals surface area contributed by atoms with Crippen LogP contribution in [0.5, 0.6) is 0 Å². The maximum atomic E-state index is 13.7. The summed E-state index contributed by atoms with van der Waals surface area (Å²) in [6.07, 6.45) is 30.5. The van der Waals surface area contributed by atoms with Crippen molar-refractivity contribution in [2.24, 2.45) is 23.7 Å². The van der Waals surface area contributed by atoms with E-state index in [1.807, 2.05) is 37.5 Å². The SMILES string of the molecule is C1CCCC1.C1CCCC1.COC(=O)N[C@H](C(=O)N1C2CCC(C2)[C@H]1c1nc2ccc(C3CCCC3)cc2[nH]1)C(C)C.COC(=O)N[C@H](C(=O)N1C2CCC(C2)[C@H]1c1nc2ccc(C3CCCC3)cc2[nH]1)C(C)C.[Fe]. The second kappa shape index (κ2) is 26.2. The fourth-order valence-electron chi connectivity index (χ4n) is 14.2.